The molecule has 0 aromatic carbocycles. The van der Waals surface area contributed by atoms with Gasteiger partial charge in [-0.2, -0.15) is 0 Å². The molecular formula is C11H16Br2N2S. The second kappa shape index (κ2) is 5.48. The normalized spacial score (nSPS) is 26.5. The van der Waals surface area contributed by atoms with Crippen LogP contribution in [0.5, 0.6) is 0 Å². The predicted molar refractivity (Wildman–Crippen MR) is 76.9 cm³/mol. The smallest absolute Gasteiger partial charge is 0.0843 e. The Morgan fingerprint density at radius 1 is 1.56 bits per heavy atom. The summed E-state index contributed by atoms with van der Waals surface area (Å²) in [4.78, 5) is 3.88. The van der Waals surface area contributed by atoms with Gasteiger partial charge in [0.25, 0.3) is 0 Å². The van der Waals surface area contributed by atoms with Crippen LogP contribution >= 0.6 is 43.2 Å². The van der Waals surface area contributed by atoms with Crippen LogP contribution in [0.25, 0.3) is 0 Å². The third-order valence-corrected chi connectivity index (χ3v) is 6.34. The van der Waals surface area contributed by atoms with Gasteiger partial charge in [-0.25, -0.2) is 0 Å². The molecule has 1 aliphatic rings. The minimum atomic E-state index is 0.281. The van der Waals surface area contributed by atoms with Gasteiger partial charge < -0.3 is 5.73 Å². The fraction of sp³-hybridized carbons (Fsp3) is 0.636. The zero-order chi connectivity index (χ0) is 11.7. The van der Waals surface area contributed by atoms with Gasteiger partial charge in [0, 0.05) is 21.9 Å². The van der Waals surface area contributed by atoms with Gasteiger partial charge in [0.05, 0.1) is 9.83 Å². The van der Waals surface area contributed by atoms with Crippen molar-refractivity contribution in [2.24, 2.45) is 5.73 Å². The molecule has 0 saturated carbocycles. The summed E-state index contributed by atoms with van der Waals surface area (Å²) in [6.45, 7) is 4.50. The van der Waals surface area contributed by atoms with E-state index in [1.54, 1.807) is 11.3 Å². The zero-order valence-electron chi connectivity index (χ0n) is 9.25. The lowest BCUT2D eigenvalue weighted by Gasteiger charge is -2.25. The van der Waals surface area contributed by atoms with Gasteiger partial charge in [0.15, 0.2) is 0 Å². The lowest BCUT2D eigenvalue weighted by molar-refractivity contribution is 0.251. The number of likely N-dealkylation sites (tertiary alicyclic amines) is 1. The van der Waals surface area contributed by atoms with E-state index in [-0.39, 0.29) is 6.04 Å². The lowest BCUT2D eigenvalue weighted by atomic mass is 10.1. The maximum atomic E-state index is 6.23. The summed E-state index contributed by atoms with van der Waals surface area (Å²) in [7, 11) is 0. The number of nitrogens with two attached hydrogens (primary N) is 1. The predicted octanol–water partition coefficient (Wildman–Crippen LogP) is 3.76. The fourth-order valence-electron chi connectivity index (χ4n) is 2.32. The molecule has 2 nitrogen and oxygen atoms in total. The van der Waals surface area contributed by atoms with Crippen LogP contribution in [0.15, 0.2) is 14.3 Å². The van der Waals surface area contributed by atoms with Gasteiger partial charge in [0.2, 0.25) is 0 Å². The number of thiophene rings is 1. The number of rotatable bonds is 3. The minimum absolute atomic E-state index is 0.281. The van der Waals surface area contributed by atoms with Crippen molar-refractivity contribution in [1.29, 1.82) is 0 Å². The molecule has 0 amide bonds. The molecular weight excluding hydrogens is 352 g/mol. The quantitative estimate of drug-likeness (QED) is 0.881. The molecule has 1 aromatic heterocycles. The number of hydrogen-bond donors (Lipinski definition) is 1. The highest BCUT2D eigenvalue weighted by molar-refractivity contribution is 9.13. The molecule has 0 radical (unpaired) electrons. The van der Waals surface area contributed by atoms with Gasteiger partial charge in [-0.3, -0.25) is 4.90 Å². The second-order valence-corrected chi connectivity index (χ2v) is 7.46. The van der Waals surface area contributed by atoms with Gasteiger partial charge >= 0.3 is 0 Å². The first-order valence-electron chi connectivity index (χ1n) is 5.57. The molecule has 0 bridgehead atoms. The first kappa shape index (κ1) is 13.0. The SMILES string of the molecule is CCCN1CCC(N)C1c1cc(Br)c(Br)s1. The van der Waals surface area contributed by atoms with Crippen LogP contribution in [0.1, 0.15) is 30.7 Å². The van der Waals surface area contributed by atoms with E-state index in [2.05, 4.69) is 49.7 Å². The summed E-state index contributed by atoms with van der Waals surface area (Å²) in [5, 5.41) is 0. The third kappa shape index (κ3) is 2.53. The van der Waals surface area contributed by atoms with Crippen molar-refractivity contribution >= 4 is 43.2 Å². The van der Waals surface area contributed by atoms with E-state index in [1.165, 1.54) is 11.3 Å². The van der Waals surface area contributed by atoms with E-state index in [1.807, 2.05) is 0 Å². The summed E-state index contributed by atoms with van der Waals surface area (Å²) in [5.41, 5.74) is 6.23. The van der Waals surface area contributed by atoms with E-state index >= 15 is 0 Å². The first-order valence-corrected chi connectivity index (χ1v) is 7.98. The molecule has 1 saturated heterocycles. The van der Waals surface area contributed by atoms with Crippen molar-refractivity contribution in [1.82, 2.24) is 4.90 Å². The Hall–Kier alpha value is 0.580. The lowest BCUT2D eigenvalue weighted by Crippen LogP contribution is -2.31. The van der Waals surface area contributed by atoms with Crippen LogP contribution in [0.2, 0.25) is 0 Å². The number of halogens is 2. The van der Waals surface area contributed by atoms with Gasteiger partial charge in [-0.1, -0.05) is 6.92 Å². The van der Waals surface area contributed by atoms with Gasteiger partial charge in [-0.05, 0) is 57.3 Å². The van der Waals surface area contributed by atoms with Crippen LogP contribution in [-0.2, 0) is 0 Å². The number of nitrogens with zero attached hydrogens (tertiary/aromatic N) is 1. The maximum Gasteiger partial charge on any atom is 0.0843 e. The van der Waals surface area contributed by atoms with Crippen LogP contribution in [0.4, 0.5) is 0 Å². The highest BCUT2D eigenvalue weighted by atomic mass is 79.9. The molecule has 5 heteroatoms. The molecule has 2 rings (SSSR count). The Morgan fingerprint density at radius 3 is 2.88 bits per heavy atom. The Labute approximate surface area is 117 Å². The summed E-state index contributed by atoms with van der Waals surface area (Å²) in [6.07, 6.45) is 2.30. The molecule has 0 aliphatic carbocycles. The first-order chi connectivity index (χ1) is 7.63. The Morgan fingerprint density at radius 2 is 2.31 bits per heavy atom. The van der Waals surface area contributed by atoms with Crippen molar-refractivity contribution in [2.75, 3.05) is 13.1 Å². The molecule has 2 unspecified atom stereocenters. The summed E-state index contributed by atoms with van der Waals surface area (Å²) in [6, 6.07) is 2.89. The van der Waals surface area contributed by atoms with Crippen molar-refractivity contribution < 1.29 is 0 Å². The Kier molecular flexibility index (Phi) is 4.46. The molecule has 2 N–H and O–H groups in total. The van der Waals surface area contributed by atoms with E-state index < -0.39 is 0 Å². The van der Waals surface area contributed by atoms with Crippen LogP contribution in [0, 0.1) is 0 Å². The highest BCUT2D eigenvalue weighted by Crippen LogP contribution is 2.40. The Bertz CT molecular complexity index is 345. The van der Waals surface area contributed by atoms with Crippen molar-refractivity contribution in [3.63, 3.8) is 0 Å². The molecule has 1 aliphatic heterocycles. The zero-order valence-corrected chi connectivity index (χ0v) is 13.2. The number of hydrogen-bond acceptors (Lipinski definition) is 3. The second-order valence-electron chi connectivity index (χ2n) is 4.20. The average molecular weight is 368 g/mol. The molecule has 2 heterocycles. The maximum absolute atomic E-state index is 6.23. The molecule has 2 atom stereocenters. The standard InChI is InChI=1S/C11H16Br2N2S/c1-2-4-15-5-3-8(14)10(15)9-6-7(12)11(13)16-9/h6,8,10H,2-5,14H2,1H3. The monoisotopic (exact) mass is 366 g/mol. The van der Waals surface area contributed by atoms with Crippen molar-refractivity contribution in [3.8, 4) is 0 Å². The van der Waals surface area contributed by atoms with Gasteiger partial charge in [0.1, 0.15) is 0 Å². The van der Waals surface area contributed by atoms with Crippen molar-refractivity contribution in [2.45, 2.75) is 31.8 Å². The van der Waals surface area contributed by atoms with E-state index in [9.17, 15) is 0 Å². The average Bonchev–Trinajstić information content (AvgIpc) is 2.73. The third-order valence-electron chi connectivity index (χ3n) is 3.02. The van der Waals surface area contributed by atoms with Crippen LogP contribution < -0.4 is 5.73 Å². The van der Waals surface area contributed by atoms with Gasteiger partial charge in [-0.15, -0.1) is 11.3 Å². The van der Waals surface area contributed by atoms with E-state index in [4.69, 9.17) is 5.73 Å². The summed E-state index contributed by atoms with van der Waals surface area (Å²) >= 11 is 8.89. The van der Waals surface area contributed by atoms with Crippen molar-refractivity contribution in [3.05, 3.63) is 19.2 Å². The molecule has 1 aromatic rings. The van der Waals surface area contributed by atoms with Crippen LogP contribution in [0.3, 0.4) is 0 Å². The Balaban J connectivity index is 2.22. The summed E-state index contributed by atoms with van der Waals surface area (Å²) < 4.78 is 2.31. The van der Waals surface area contributed by atoms with Crippen LogP contribution in [-0.4, -0.2) is 24.0 Å². The molecule has 0 spiro atoms. The van der Waals surface area contributed by atoms with E-state index in [0.29, 0.717) is 6.04 Å². The van der Waals surface area contributed by atoms with E-state index in [0.717, 1.165) is 27.8 Å². The largest absolute Gasteiger partial charge is 0.326 e. The summed E-state index contributed by atoms with van der Waals surface area (Å²) in [5.74, 6) is 0. The highest BCUT2D eigenvalue weighted by Gasteiger charge is 2.33. The fourth-order valence-corrected chi connectivity index (χ4v) is 4.62. The minimum Gasteiger partial charge on any atom is -0.326 e. The topological polar surface area (TPSA) is 29.3 Å². The molecule has 90 valence electrons. The molecule has 16 heavy (non-hydrogen) atoms. The molecule has 1 fully saturated rings.